The van der Waals surface area contributed by atoms with Gasteiger partial charge in [-0.3, -0.25) is 4.79 Å². The monoisotopic (exact) mass is 248 g/mol. The number of ether oxygens (including phenoxy) is 1. The fourth-order valence-corrected chi connectivity index (χ4v) is 2.07. The number of carbonyl (C=O) groups excluding carboxylic acids is 2. The Morgan fingerprint density at radius 2 is 2.00 bits per heavy atom. The summed E-state index contributed by atoms with van der Waals surface area (Å²) in [5.41, 5.74) is 1.53. The summed E-state index contributed by atoms with van der Waals surface area (Å²) < 4.78 is 5.04. The molecule has 0 saturated heterocycles. The first-order valence-electron chi connectivity index (χ1n) is 6.05. The van der Waals surface area contributed by atoms with Crippen molar-refractivity contribution in [3.05, 3.63) is 23.8 Å². The van der Waals surface area contributed by atoms with Crippen LogP contribution in [0.1, 0.15) is 25.5 Å². The third-order valence-corrected chi connectivity index (χ3v) is 2.80. The Labute approximate surface area is 106 Å². The van der Waals surface area contributed by atoms with Crippen LogP contribution < -0.4 is 15.4 Å². The van der Waals surface area contributed by atoms with E-state index >= 15 is 0 Å². The van der Waals surface area contributed by atoms with Gasteiger partial charge in [-0.2, -0.15) is 0 Å². The maximum absolute atomic E-state index is 11.9. The molecule has 1 aliphatic rings. The Morgan fingerprint density at radius 3 is 2.67 bits per heavy atom. The molecule has 0 fully saturated rings. The Balaban J connectivity index is 2.50. The molecule has 0 saturated carbocycles. The molecule has 0 aromatic heterocycles. The van der Waals surface area contributed by atoms with Gasteiger partial charge in [0.05, 0.1) is 0 Å². The summed E-state index contributed by atoms with van der Waals surface area (Å²) in [4.78, 5) is 23.3. The zero-order chi connectivity index (χ0) is 13.1. The van der Waals surface area contributed by atoms with Crippen molar-refractivity contribution in [1.29, 1.82) is 0 Å². The number of hydrogen-bond donors (Lipinski definition) is 2. The van der Waals surface area contributed by atoms with E-state index in [4.69, 9.17) is 4.74 Å². The van der Waals surface area contributed by atoms with E-state index in [1.165, 1.54) is 0 Å². The largest absolute Gasteiger partial charge is 0.420 e. The van der Waals surface area contributed by atoms with E-state index in [1.54, 1.807) is 12.1 Å². The van der Waals surface area contributed by atoms with Crippen molar-refractivity contribution in [1.82, 2.24) is 5.32 Å². The molecular weight excluding hydrogens is 232 g/mol. The molecule has 1 atom stereocenters. The van der Waals surface area contributed by atoms with Gasteiger partial charge < -0.3 is 15.4 Å². The zero-order valence-electron chi connectivity index (χ0n) is 10.4. The van der Waals surface area contributed by atoms with Crippen molar-refractivity contribution in [3.63, 3.8) is 0 Å². The molecule has 0 aliphatic carbocycles. The molecular formula is C13H16N2O3. The minimum atomic E-state index is -0.804. The van der Waals surface area contributed by atoms with Crippen molar-refractivity contribution in [3.8, 4) is 5.75 Å². The Hall–Kier alpha value is -1.88. The molecule has 96 valence electrons. The summed E-state index contributed by atoms with van der Waals surface area (Å²) in [5, 5.41) is 6.21. The fourth-order valence-electron chi connectivity index (χ4n) is 2.07. The molecule has 1 aliphatic heterocycles. The lowest BCUT2D eigenvalue weighted by Crippen LogP contribution is -2.39. The van der Waals surface area contributed by atoms with Gasteiger partial charge in [-0.15, -0.1) is 0 Å². The standard InChI is InChI=1S/C13H16N2O3/c1-3-14-8-6-5-7-9-10(8)11(15-4-2)12(16)13(17)18-9/h5-7,11,14-15H,3-4H2,1-2H3. The normalized spacial score (nSPS) is 18.2. The van der Waals surface area contributed by atoms with E-state index in [1.807, 2.05) is 19.9 Å². The smallest absolute Gasteiger partial charge is 0.382 e. The zero-order valence-corrected chi connectivity index (χ0v) is 10.4. The van der Waals surface area contributed by atoms with Crippen molar-refractivity contribution >= 4 is 17.4 Å². The molecule has 2 N–H and O–H groups in total. The van der Waals surface area contributed by atoms with E-state index in [0.717, 1.165) is 12.2 Å². The first-order chi connectivity index (χ1) is 8.69. The molecule has 18 heavy (non-hydrogen) atoms. The number of esters is 1. The van der Waals surface area contributed by atoms with Crippen molar-refractivity contribution in [2.75, 3.05) is 18.4 Å². The van der Waals surface area contributed by atoms with Crippen LogP contribution in [-0.2, 0) is 9.59 Å². The lowest BCUT2D eigenvalue weighted by atomic mass is 9.97. The lowest BCUT2D eigenvalue weighted by Gasteiger charge is -2.26. The average molecular weight is 248 g/mol. The maximum atomic E-state index is 11.9. The molecule has 5 heteroatoms. The summed E-state index contributed by atoms with van der Waals surface area (Å²) in [6.07, 6.45) is 0. The van der Waals surface area contributed by atoms with Crippen LogP contribution in [0.4, 0.5) is 5.69 Å². The quantitative estimate of drug-likeness (QED) is 0.477. The number of Topliss-reactive ketones (excluding diaryl/α,β-unsaturated/α-hetero) is 1. The number of benzene rings is 1. The van der Waals surface area contributed by atoms with Crippen LogP contribution in [-0.4, -0.2) is 24.8 Å². The van der Waals surface area contributed by atoms with Crippen molar-refractivity contribution in [2.45, 2.75) is 19.9 Å². The molecule has 1 aromatic rings. The van der Waals surface area contributed by atoms with E-state index in [0.29, 0.717) is 17.9 Å². The fraction of sp³-hybridized carbons (Fsp3) is 0.385. The van der Waals surface area contributed by atoms with Crippen LogP contribution in [0.5, 0.6) is 5.75 Å². The summed E-state index contributed by atoms with van der Waals surface area (Å²) in [6, 6.07) is 4.74. The predicted molar refractivity (Wildman–Crippen MR) is 67.7 cm³/mol. The van der Waals surface area contributed by atoms with Crippen LogP contribution in [0.2, 0.25) is 0 Å². The number of likely N-dealkylation sites (N-methyl/N-ethyl adjacent to an activating group) is 1. The first-order valence-corrected chi connectivity index (χ1v) is 6.05. The van der Waals surface area contributed by atoms with Gasteiger partial charge in [0.25, 0.3) is 5.78 Å². The second-order valence-electron chi connectivity index (χ2n) is 3.99. The molecule has 1 heterocycles. The topological polar surface area (TPSA) is 67.4 Å². The highest BCUT2D eigenvalue weighted by molar-refractivity contribution is 6.37. The summed E-state index contributed by atoms with van der Waals surface area (Å²) in [6.45, 7) is 5.20. The molecule has 2 rings (SSSR count). The number of anilines is 1. The molecule has 1 aromatic carbocycles. The minimum absolute atomic E-state index is 0.448. The molecule has 5 nitrogen and oxygen atoms in total. The Morgan fingerprint density at radius 1 is 1.22 bits per heavy atom. The highest BCUT2D eigenvalue weighted by Crippen LogP contribution is 2.36. The number of fused-ring (bicyclic) bond motifs is 1. The van der Waals surface area contributed by atoms with E-state index < -0.39 is 17.8 Å². The number of hydrogen-bond acceptors (Lipinski definition) is 5. The minimum Gasteiger partial charge on any atom is -0.420 e. The second-order valence-corrected chi connectivity index (χ2v) is 3.99. The number of carbonyl (C=O) groups is 2. The van der Waals surface area contributed by atoms with Gasteiger partial charge in [-0.05, 0) is 25.6 Å². The van der Waals surface area contributed by atoms with E-state index in [9.17, 15) is 9.59 Å². The predicted octanol–water partition coefficient (Wildman–Crippen LogP) is 1.26. The van der Waals surface area contributed by atoms with Crippen molar-refractivity contribution in [2.24, 2.45) is 0 Å². The molecule has 1 unspecified atom stereocenters. The summed E-state index contributed by atoms with van der Waals surface area (Å²) >= 11 is 0. The van der Waals surface area contributed by atoms with Gasteiger partial charge in [0.1, 0.15) is 11.8 Å². The molecule has 0 spiro atoms. The Kier molecular flexibility index (Phi) is 3.62. The second kappa shape index (κ2) is 5.18. The van der Waals surface area contributed by atoms with Gasteiger partial charge in [-0.25, -0.2) is 4.79 Å². The first kappa shape index (κ1) is 12.6. The highest BCUT2D eigenvalue weighted by atomic mass is 16.5. The van der Waals surface area contributed by atoms with E-state index in [2.05, 4.69) is 10.6 Å². The summed E-state index contributed by atoms with van der Waals surface area (Å²) in [7, 11) is 0. The maximum Gasteiger partial charge on any atom is 0.382 e. The van der Waals surface area contributed by atoms with Crippen LogP contribution >= 0.6 is 0 Å². The highest BCUT2D eigenvalue weighted by Gasteiger charge is 2.37. The number of ketones is 1. The number of rotatable bonds is 4. The van der Waals surface area contributed by atoms with Gasteiger partial charge in [0, 0.05) is 17.8 Å². The molecule has 0 radical (unpaired) electrons. The van der Waals surface area contributed by atoms with Crippen molar-refractivity contribution < 1.29 is 14.3 Å². The third-order valence-electron chi connectivity index (χ3n) is 2.80. The third kappa shape index (κ3) is 2.09. The van der Waals surface area contributed by atoms with Gasteiger partial charge >= 0.3 is 5.97 Å². The Bertz CT molecular complexity index is 485. The lowest BCUT2D eigenvalue weighted by molar-refractivity contribution is -0.149. The SMILES string of the molecule is CCNc1cccc2c1C(NCC)C(=O)C(=O)O2. The average Bonchev–Trinajstić information content (AvgIpc) is 2.35. The van der Waals surface area contributed by atoms with Crippen LogP contribution in [0.15, 0.2) is 18.2 Å². The van der Waals surface area contributed by atoms with Gasteiger partial charge in [-0.1, -0.05) is 13.0 Å². The van der Waals surface area contributed by atoms with Crippen LogP contribution in [0.25, 0.3) is 0 Å². The van der Waals surface area contributed by atoms with Gasteiger partial charge in [0.2, 0.25) is 0 Å². The molecule has 0 amide bonds. The van der Waals surface area contributed by atoms with E-state index in [-0.39, 0.29) is 0 Å². The van der Waals surface area contributed by atoms with Crippen LogP contribution in [0, 0.1) is 0 Å². The van der Waals surface area contributed by atoms with Gasteiger partial charge in [0.15, 0.2) is 0 Å². The molecule has 0 bridgehead atoms. The number of nitrogens with one attached hydrogen (secondary N) is 2. The summed E-state index contributed by atoms with van der Waals surface area (Å²) in [5.74, 6) is -0.902. The van der Waals surface area contributed by atoms with Crippen LogP contribution in [0.3, 0.4) is 0 Å².